The molecule has 4 heteroatoms. The zero-order chi connectivity index (χ0) is 11.4. The molecule has 0 unspecified atom stereocenters. The van der Waals surface area contributed by atoms with Gasteiger partial charge in [-0.1, -0.05) is 20.8 Å². The molecule has 0 aliphatic heterocycles. The lowest BCUT2D eigenvalue weighted by Crippen LogP contribution is -1.95. The highest BCUT2D eigenvalue weighted by molar-refractivity contribution is 5.73. The monoisotopic (exact) mass is 206 g/mol. The summed E-state index contributed by atoms with van der Waals surface area (Å²) >= 11 is 0. The molecule has 0 amide bonds. The van der Waals surface area contributed by atoms with E-state index in [2.05, 4.69) is 26.9 Å². The number of imidazole rings is 1. The number of fused-ring (bicyclic) bond motifs is 1. The van der Waals surface area contributed by atoms with E-state index in [4.69, 9.17) is 0 Å². The van der Waals surface area contributed by atoms with Crippen molar-refractivity contribution in [3.63, 3.8) is 0 Å². The molecule has 0 fully saturated rings. The number of nitrogens with one attached hydrogen (secondary N) is 1. The third kappa shape index (κ3) is 2.32. The van der Waals surface area contributed by atoms with Crippen molar-refractivity contribution >= 4 is 11.2 Å². The van der Waals surface area contributed by atoms with Crippen LogP contribution in [-0.2, 0) is 6.42 Å². The minimum atomic E-state index is 0.779. The molecule has 2 heterocycles. The Labute approximate surface area is 90.2 Å². The van der Waals surface area contributed by atoms with E-state index >= 15 is 0 Å². The summed E-state index contributed by atoms with van der Waals surface area (Å²) in [6.45, 7) is 9.90. The van der Waals surface area contributed by atoms with Crippen molar-refractivity contribution in [2.24, 2.45) is 0 Å². The van der Waals surface area contributed by atoms with E-state index in [1.54, 1.807) is 0 Å². The molecule has 0 spiro atoms. The number of hydrogen-bond acceptors (Lipinski definition) is 3. The third-order valence-corrected chi connectivity index (χ3v) is 1.99. The minimum absolute atomic E-state index is 0.779. The van der Waals surface area contributed by atoms with Crippen molar-refractivity contribution in [1.29, 1.82) is 0 Å². The van der Waals surface area contributed by atoms with Gasteiger partial charge >= 0.3 is 0 Å². The molecule has 82 valence electrons. The van der Waals surface area contributed by atoms with E-state index in [1.165, 1.54) is 0 Å². The van der Waals surface area contributed by atoms with Gasteiger partial charge in [-0.3, -0.25) is 0 Å². The second kappa shape index (κ2) is 4.87. The first-order chi connectivity index (χ1) is 7.20. The van der Waals surface area contributed by atoms with Gasteiger partial charge in [-0.25, -0.2) is 15.0 Å². The summed E-state index contributed by atoms with van der Waals surface area (Å²) < 4.78 is 0. The molecule has 0 bridgehead atoms. The predicted molar refractivity (Wildman–Crippen MR) is 61.9 cm³/mol. The number of nitrogens with zero attached hydrogens (tertiary/aromatic N) is 3. The smallest absolute Gasteiger partial charge is 0.181 e. The number of aryl methyl sites for hydroxylation is 3. The van der Waals surface area contributed by atoms with Gasteiger partial charge in [0.25, 0.3) is 0 Å². The van der Waals surface area contributed by atoms with E-state index in [0.717, 1.165) is 34.9 Å². The van der Waals surface area contributed by atoms with E-state index in [-0.39, 0.29) is 0 Å². The Kier molecular flexibility index (Phi) is 3.77. The van der Waals surface area contributed by atoms with Crippen LogP contribution in [0.15, 0.2) is 0 Å². The first-order valence-corrected chi connectivity index (χ1v) is 5.40. The summed E-state index contributed by atoms with van der Waals surface area (Å²) in [5.41, 5.74) is 2.80. The fourth-order valence-electron chi connectivity index (χ4n) is 1.45. The molecule has 0 aliphatic rings. The number of aromatic amines is 1. The van der Waals surface area contributed by atoms with Gasteiger partial charge in [0.2, 0.25) is 0 Å². The first kappa shape index (κ1) is 11.6. The van der Waals surface area contributed by atoms with Crippen LogP contribution < -0.4 is 0 Å². The molecule has 0 radical (unpaired) electrons. The van der Waals surface area contributed by atoms with Crippen LogP contribution in [0.25, 0.3) is 11.2 Å². The number of hydrogen-bond donors (Lipinski definition) is 1. The van der Waals surface area contributed by atoms with Crippen LogP contribution >= 0.6 is 0 Å². The Hall–Kier alpha value is -1.45. The fraction of sp³-hybridized carbons (Fsp3) is 0.545. The third-order valence-electron chi connectivity index (χ3n) is 1.99. The Balaban J connectivity index is 0.000000531. The van der Waals surface area contributed by atoms with Gasteiger partial charge in [0.15, 0.2) is 5.65 Å². The molecule has 4 nitrogen and oxygen atoms in total. The van der Waals surface area contributed by atoms with Gasteiger partial charge in [0, 0.05) is 0 Å². The summed E-state index contributed by atoms with van der Waals surface area (Å²) in [7, 11) is 0. The number of H-pyrrole nitrogens is 1. The van der Waals surface area contributed by atoms with E-state index < -0.39 is 0 Å². The van der Waals surface area contributed by atoms with Crippen LogP contribution in [0.1, 0.15) is 38.1 Å². The topological polar surface area (TPSA) is 54.5 Å². The minimum Gasteiger partial charge on any atom is -0.339 e. The van der Waals surface area contributed by atoms with Gasteiger partial charge < -0.3 is 4.98 Å². The largest absolute Gasteiger partial charge is 0.339 e. The average Bonchev–Trinajstić information content (AvgIpc) is 2.60. The van der Waals surface area contributed by atoms with Crippen LogP contribution in [0.5, 0.6) is 0 Å². The molecule has 2 aromatic heterocycles. The van der Waals surface area contributed by atoms with Crippen LogP contribution in [0.4, 0.5) is 0 Å². The summed E-state index contributed by atoms with van der Waals surface area (Å²) in [5.74, 6) is 1.68. The molecule has 15 heavy (non-hydrogen) atoms. The van der Waals surface area contributed by atoms with Crippen LogP contribution in [0.2, 0.25) is 0 Å². The molecule has 2 aromatic rings. The zero-order valence-corrected chi connectivity index (χ0v) is 10.0. The highest BCUT2D eigenvalue weighted by Crippen LogP contribution is 2.13. The fourth-order valence-corrected chi connectivity index (χ4v) is 1.45. The van der Waals surface area contributed by atoms with E-state index in [0.29, 0.717) is 0 Å². The summed E-state index contributed by atoms with van der Waals surface area (Å²) in [6.07, 6.45) is 0.904. The van der Waals surface area contributed by atoms with Crippen molar-refractivity contribution in [3.05, 3.63) is 17.3 Å². The Morgan fingerprint density at radius 3 is 2.33 bits per heavy atom. The molecule has 1 N–H and O–H groups in total. The SMILES string of the molecule is CC.CCc1nc(C)nc2nc(C)[nH]c12. The van der Waals surface area contributed by atoms with Gasteiger partial charge in [-0.05, 0) is 20.3 Å². The molecule has 0 saturated carbocycles. The summed E-state index contributed by atoms with van der Waals surface area (Å²) in [6, 6.07) is 0. The molecular formula is C11H18N4. The molecule has 0 aromatic carbocycles. The summed E-state index contributed by atoms with van der Waals surface area (Å²) in [4.78, 5) is 16.0. The van der Waals surface area contributed by atoms with E-state index in [9.17, 15) is 0 Å². The number of rotatable bonds is 1. The number of aromatic nitrogens is 4. The van der Waals surface area contributed by atoms with E-state index in [1.807, 2.05) is 27.7 Å². The zero-order valence-electron chi connectivity index (χ0n) is 10.0. The molecule has 0 saturated heterocycles. The summed E-state index contributed by atoms with van der Waals surface area (Å²) in [5, 5.41) is 0. The van der Waals surface area contributed by atoms with Crippen molar-refractivity contribution < 1.29 is 0 Å². The van der Waals surface area contributed by atoms with Gasteiger partial charge in [0.05, 0.1) is 5.69 Å². The lowest BCUT2D eigenvalue weighted by Gasteiger charge is -1.98. The standard InChI is InChI=1S/C9H12N4.C2H6/c1-4-7-8-9(12-5(2)10-7)13-6(3)11-8;1-2/h4H2,1-3H3,(H,10,11,12,13);1-2H3. The normalized spacial score (nSPS) is 9.93. The molecule has 0 aliphatic carbocycles. The maximum Gasteiger partial charge on any atom is 0.181 e. The van der Waals surface area contributed by atoms with Crippen LogP contribution in [0, 0.1) is 13.8 Å². The highest BCUT2D eigenvalue weighted by atomic mass is 15.0. The second-order valence-electron chi connectivity index (χ2n) is 3.09. The molecule has 2 rings (SSSR count). The highest BCUT2D eigenvalue weighted by Gasteiger charge is 2.07. The quantitative estimate of drug-likeness (QED) is 0.780. The Morgan fingerprint density at radius 2 is 1.73 bits per heavy atom. The van der Waals surface area contributed by atoms with Crippen molar-refractivity contribution in [3.8, 4) is 0 Å². The lowest BCUT2D eigenvalue weighted by atomic mass is 10.3. The lowest BCUT2D eigenvalue weighted by molar-refractivity contribution is 0.974. The second-order valence-corrected chi connectivity index (χ2v) is 3.09. The van der Waals surface area contributed by atoms with Gasteiger partial charge in [-0.15, -0.1) is 0 Å². The maximum atomic E-state index is 4.35. The predicted octanol–water partition coefficient (Wildman–Crippen LogP) is 2.56. The van der Waals surface area contributed by atoms with Gasteiger partial charge in [0.1, 0.15) is 17.2 Å². The molecular weight excluding hydrogens is 188 g/mol. The van der Waals surface area contributed by atoms with Crippen molar-refractivity contribution in [1.82, 2.24) is 19.9 Å². The van der Waals surface area contributed by atoms with Crippen LogP contribution in [0.3, 0.4) is 0 Å². The van der Waals surface area contributed by atoms with Crippen molar-refractivity contribution in [2.45, 2.75) is 41.0 Å². The van der Waals surface area contributed by atoms with Crippen molar-refractivity contribution in [2.75, 3.05) is 0 Å². The average molecular weight is 206 g/mol. The van der Waals surface area contributed by atoms with Crippen LogP contribution in [-0.4, -0.2) is 19.9 Å². The van der Waals surface area contributed by atoms with Gasteiger partial charge in [-0.2, -0.15) is 0 Å². The Bertz CT molecular complexity index is 445. The molecule has 0 atom stereocenters. The first-order valence-electron chi connectivity index (χ1n) is 5.40. The maximum absolute atomic E-state index is 4.35. The Morgan fingerprint density at radius 1 is 1.07 bits per heavy atom.